The van der Waals surface area contributed by atoms with Gasteiger partial charge in [0, 0.05) is 18.2 Å². The lowest BCUT2D eigenvalue weighted by atomic mass is 10.3. The topological polar surface area (TPSA) is 51.8 Å². The molecule has 0 saturated heterocycles. The zero-order valence-corrected chi connectivity index (χ0v) is 6.96. The maximum Gasteiger partial charge on any atom is 0.130 e. The minimum absolute atomic E-state index is 0.578. The lowest BCUT2D eigenvalue weighted by molar-refractivity contribution is 0.893. The van der Waals surface area contributed by atoms with E-state index < -0.39 is 0 Å². The Bertz CT molecular complexity index is 223. The zero-order chi connectivity index (χ0) is 8.27. The van der Waals surface area contributed by atoms with Gasteiger partial charge in [0.05, 0.1) is 0 Å². The van der Waals surface area contributed by atoms with Crippen LogP contribution < -0.4 is 5.73 Å². The summed E-state index contributed by atoms with van der Waals surface area (Å²) >= 11 is 0. The van der Waals surface area contributed by atoms with Crippen molar-refractivity contribution in [2.24, 2.45) is 0 Å². The van der Waals surface area contributed by atoms with E-state index in [1.54, 1.807) is 0 Å². The first-order valence-electron chi connectivity index (χ1n) is 3.88. The number of nitrogens with zero attached hydrogens (tertiary/aromatic N) is 2. The van der Waals surface area contributed by atoms with Crippen molar-refractivity contribution in [1.29, 1.82) is 0 Å². The smallest absolute Gasteiger partial charge is 0.130 e. The average Bonchev–Trinajstić information content (AvgIpc) is 2.03. The van der Waals surface area contributed by atoms with Gasteiger partial charge in [0.1, 0.15) is 11.6 Å². The largest absolute Gasteiger partial charge is 0.384 e. The van der Waals surface area contributed by atoms with E-state index in [0.29, 0.717) is 5.82 Å². The van der Waals surface area contributed by atoms with E-state index >= 15 is 0 Å². The molecule has 1 rings (SSSR count). The highest BCUT2D eigenvalue weighted by Gasteiger charge is 1.97. The minimum atomic E-state index is 0.578. The van der Waals surface area contributed by atoms with Gasteiger partial charge < -0.3 is 5.73 Å². The number of aryl methyl sites for hydroxylation is 2. The molecule has 60 valence electrons. The Hall–Kier alpha value is -1.12. The number of aromatic nitrogens is 2. The standard InChI is InChI=1S/C8H13N3/c1-3-6-5-7(9)11-8(4-2)10-6/h5H,3-4H2,1-2H3,(H2,9,10,11). The molecule has 0 bridgehead atoms. The molecular formula is C8H13N3. The van der Waals surface area contributed by atoms with Crippen molar-refractivity contribution in [2.45, 2.75) is 26.7 Å². The fourth-order valence-electron chi connectivity index (χ4n) is 0.914. The summed E-state index contributed by atoms with van der Waals surface area (Å²) in [6, 6.07) is 1.82. The molecule has 1 aromatic rings. The van der Waals surface area contributed by atoms with Crippen LogP contribution in [0.3, 0.4) is 0 Å². The van der Waals surface area contributed by atoms with Crippen molar-refractivity contribution in [2.75, 3.05) is 5.73 Å². The lowest BCUT2D eigenvalue weighted by Gasteiger charge is -2.00. The lowest BCUT2D eigenvalue weighted by Crippen LogP contribution is -2.01. The average molecular weight is 151 g/mol. The first-order valence-corrected chi connectivity index (χ1v) is 3.88. The van der Waals surface area contributed by atoms with Crippen molar-refractivity contribution < 1.29 is 0 Å². The highest BCUT2D eigenvalue weighted by Crippen LogP contribution is 2.03. The molecule has 0 aromatic carbocycles. The molecule has 11 heavy (non-hydrogen) atoms. The predicted octanol–water partition coefficient (Wildman–Crippen LogP) is 1.18. The van der Waals surface area contributed by atoms with Crippen molar-refractivity contribution >= 4 is 5.82 Å². The molecule has 0 atom stereocenters. The molecule has 2 N–H and O–H groups in total. The fraction of sp³-hybridized carbons (Fsp3) is 0.500. The maximum absolute atomic E-state index is 5.56. The second kappa shape index (κ2) is 3.32. The van der Waals surface area contributed by atoms with Crippen LogP contribution in [0, 0.1) is 0 Å². The predicted molar refractivity (Wildman–Crippen MR) is 45.2 cm³/mol. The summed E-state index contributed by atoms with van der Waals surface area (Å²) in [5.74, 6) is 1.41. The molecule has 0 aliphatic rings. The molecule has 0 spiro atoms. The molecule has 1 heterocycles. The summed E-state index contributed by atoms with van der Waals surface area (Å²) in [6.07, 6.45) is 1.76. The second-order valence-corrected chi connectivity index (χ2v) is 2.41. The summed E-state index contributed by atoms with van der Waals surface area (Å²) in [6.45, 7) is 4.08. The number of nitrogens with two attached hydrogens (primary N) is 1. The first-order chi connectivity index (χ1) is 5.26. The number of anilines is 1. The van der Waals surface area contributed by atoms with Crippen LogP contribution in [0.25, 0.3) is 0 Å². The molecule has 0 saturated carbocycles. The minimum Gasteiger partial charge on any atom is -0.384 e. The quantitative estimate of drug-likeness (QED) is 0.690. The Morgan fingerprint density at radius 2 is 2.00 bits per heavy atom. The van der Waals surface area contributed by atoms with Gasteiger partial charge in [-0.05, 0) is 6.42 Å². The third-order valence-corrected chi connectivity index (χ3v) is 1.52. The molecular weight excluding hydrogens is 138 g/mol. The highest BCUT2D eigenvalue weighted by atomic mass is 14.9. The summed E-state index contributed by atoms with van der Waals surface area (Å²) in [5.41, 5.74) is 6.58. The molecule has 1 aromatic heterocycles. The summed E-state index contributed by atoms with van der Waals surface area (Å²) in [4.78, 5) is 8.35. The number of hydrogen-bond acceptors (Lipinski definition) is 3. The van der Waals surface area contributed by atoms with Gasteiger partial charge in [0.25, 0.3) is 0 Å². The Kier molecular flexibility index (Phi) is 2.41. The van der Waals surface area contributed by atoms with Crippen LogP contribution >= 0.6 is 0 Å². The van der Waals surface area contributed by atoms with Crippen LogP contribution in [0.4, 0.5) is 5.82 Å². The number of rotatable bonds is 2. The van der Waals surface area contributed by atoms with E-state index in [1.165, 1.54) is 0 Å². The van der Waals surface area contributed by atoms with Gasteiger partial charge in [0.2, 0.25) is 0 Å². The molecule has 3 nitrogen and oxygen atoms in total. The van der Waals surface area contributed by atoms with Crippen LogP contribution in [0.1, 0.15) is 25.4 Å². The number of hydrogen-bond donors (Lipinski definition) is 1. The van der Waals surface area contributed by atoms with Crippen LogP contribution in [-0.2, 0) is 12.8 Å². The molecule has 0 amide bonds. The van der Waals surface area contributed by atoms with E-state index in [-0.39, 0.29) is 0 Å². The molecule has 0 unspecified atom stereocenters. The van der Waals surface area contributed by atoms with Crippen molar-refractivity contribution in [1.82, 2.24) is 9.97 Å². The van der Waals surface area contributed by atoms with Gasteiger partial charge >= 0.3 is 0 Å². The first kappa shape index (κ1) is 7.98. The van der Waals surface area contributed by atoms with E-state index in [9.17, 15) is 0 Å². The summed E-state index contributed by atoms with van der Waals surface area (Å²) in [7, 11) is 0. The monoisotopic (exact) mass is 151 g/mol. The summed E-state index contributed by atoms with van der Waals surface area (Å²) in [5, 5.41) is 0. The van der Waals surface area contributed by atoms with Crippen LogP contribution in [0.15, 0.2) is 6.07 Å². The van der Waals surface area contributed by atoms with Crippen molar-refractivity contribution in [3.05, 3.63) is 17.6 Å². The molecule has 3 heteroatoms. The van der Waals surface area contributed by atoms with Crippen molar-refractivity contribution in [3.63, 3.8) is 0 Å². The Morgan fingerprint density at radius 3 is 2.55 bits per heavy atom. The highest BCUT2D eigenvalue weighted by molar-refractivity contribution is 5.29. The van der Waals surface area contributed by atoms with Gasteiger partial charge in [-0.2, -0.15) is 0 Å². The zero-order valence-electron chi connectivity index (χ0n) is 6.96. The van der Waals surface area contributed by atoms with Gasteiger partial charge in [-0.3, -0.25) is 0 Å². The van der Waals surface area contributed by atoms with Gasteiger partial charge in [-0.15, -0.1) is 0 Å². The van der Waals surface area contributed by atoms with E-state index in [1.807, 2.05) is 13.0 Å². The normalized spacial score (nSPS) is 10.0. The van der Waals surface area contributed by atoms with Gasteiger partial charge in [-0.25, -0.2) is 9.97 Å². The second-order valence-electron chi connectivity index (χ2n) is 2.41. The third kappa shape index (κ3) is 1.90. The van der Waals surface area contributed by atoms with E-state index in [0.717, 1.165) is 24.4 Å². The third-order valence-electron chi connectivity index (χ3n) is 1.52. The van der Waals surface area contributed by atoms with Crippen LogP contribution in [0.2, 0.25) is 0 Å². The molecule has 0 aliphatic carbocycles. The Balaban J connectivity index is 3.02. The Labute approximate surface area is 66.7 Å². The molecule has 0 aliphatic heterocycles. The van der Waals surface area contributed by atoms with E-state index in [4.69, 9.17) is 5.73 Å². The van der Waals surface area contributed by atoms with Crippen LogP contribution in [-0.4, -0.2) is 9.97 Å². The van der Waals surface area contributed by atoms with Crippen molar-refractivity contribution in [3.8, 4) is 0 Å². The SMILES string of the molecule is CCc1cc(N)nc(CC)n1. The maximum atomic E-state index is 5.56. The van der Waals surface area contributed by atoms with Gasteiger partial charge in [-0.1, -0.05) is 13.8 Å². The molecule has 0 fully saturated rings. The Morgan fingerprint density at radius 1 is 1.27 bits per heavy atom. The summed E-state index contributed by atoms with van der Waals surface area (Å²) < 4.78 is 0. The fourth-order valence-corrected chi connectivity index (χ4v) is 0.914. The van der Waals surface area contributed by atoms with Crippen LogP contribution in [0.5, 0.6) is 0 Å². The van der Waals surface area contributed by atoms with Gasteiger partial charge in [0.15, 0.2) is 0 Å². The molecule has 0 radical (unpaired) electrons. The number of nitrogen functional groups attached to an aromatic ring is 1. The van der Waals surface area contributed by atoms with E-state index in [2.05, 4.69) is 16.9 Å².